The molecule has 33 heavy (non-hydrogen) atoms. The van der Waals surface area contributed by atoms with Gasteiger partial charge in [-0.15, -0.1) is 0 Å². The van der Waals surface area contributed by atoms with Gasteiger partial charge in [0.05, 0.1) is 20.7 Å². The number of unbranched alkanes of at least 4 members (excludes halogenated alkanes) is 1. The van der Waals surface area contributed by atoms with Crippen molar-refractivity contribution in [3.8, 4) is 5.75 Å². The van der Waals surface area contributed by atoms with E-state index >= 15 is 0 Å². The van der Waals surface area contributed by atoms with E-state index in [1.54, 1.807) is 12.3 Å². The van der Waals surface area contributed by atoms with Crippen molar-refractivity contribution in [1.29, 1.82) is 0 Å². The van der Waals surface area contributed by atoms with E-state index < -0.39 is 0 Å². The zero-order chi connectivity index (χ0) is 23.2. The van der Waals surface area contributed by atoms with Crippen molar-refractivity contribution in [2.24, 2.45) is 5.10 Å². The summed E-state index contributed by atoms with van der Waals surface area (Å²) in [6.45, 7) is 2.63. The molecule has 4 rings (SSSR count). The first-order valence-corrected chi connectivity index (χ1v) is 12.6. The fourth-order valence-corrected chi connectivity index (χ4v) is 4.44. The summed E-state index contributed by atoms with van der Waals surface area (Å²) in [5.74, 6) is 1.49. The molecule has 0 aliphatic heterocycles. The van der Waals surface area contributed by atoms with Crippen LogP contribution in [0.3, 0.4) is 0 Å². The molecule has 3 aromatic carbocycles. The Kier molecular flexibility index (Phi) is 7.93. The van der Waals surface area contributed by atoms with Crippen LogP contribution in [-0.2, 0) is 13.0 Å². The molecule has 7 heteroatoms. The molecule has 1 aromatic heterocycles. The third-order valence-corrected chi connectivity index (χ3v) is 6.48. The molecule has 0 N–H and O–H groups in total. The Balaban J connectivity index is 1.61. The summed E-state index contributed by atoms with van der Waals surface area (Å²) in [7, 11) is 0. The molecule has 1 heterocycles. The lowest BCUT2D eigenvalue weighted by Gasteiger charge is -2.10. The van der Waals surface area contributed by atoms with Gasteiger partial charge in [-0.2, -0.15) is 9.78 Å². The molecular formula is C26H23BrIN3O2. The minimum atomic E-state index is -0.166. The Morgan fingerprint density at radius 2 is 1.94 bits per heavy atom. The highest BCUT2D eigenvalue weighted by Crippen LogP contribution is 2.23. The first-order chi connectivity index (χ1) is 16.0. The summed E-state index contributed by atoms with van der Waals surface area (Å²) in [5.41, 5.74) is 2.53. The highest BCUT2D eigenvalue weighted by molar-refractivity contribution is 14.1. The van der Waals surface area contributed by atoms with Gasteiger partial charge in [0.2, 0.25) is 0 Å². The number of rotatable bonds is 8. The fourth-order valence-electron chi connectivity index (χ4n) is 3.38. The molecule has 0 bridgehead atoms. The number of hydrogen-bond donors (Lipinski definition) is 0. The van der Waals surface area contributed by atoms with Crippen LogP contribution in [0.15, 0.2) is 81.1 Å². The maximum Gasteiger partial charge on any atom is 0.282 e. The SMILES string of the molecule is CCCCc1nc2ccc(Br)cc2c(=O)n1N=Cc1ccc(OCc2ccccc2)c(I)c1. The van der Waals surface area contributed by atoms with Crippen LogP contribution in [0.1, 0.15) is 36.7 Å². The second-order valence-corrected chi connectivity index (χ2v) is 9.70. The predicted molar refractivity (Wildman–Crippen MR) is 145 cm³/mol. The molecule has 4 aromatic rings. The normalized spacial score (nSPS) is 11.4. The number of hydrogen-bond acceptors (Lipinski definition) is 4. The van der Waals surface area contributed by atoms with Crippen LogP contribution in [0.4, 0.5) is 0 Å². The lowest BCUT2D eigenvalue weighted by atomic mass is 10.2. The molecule has 0 aliphatic rings. The molecule has 0 aliphatic carbocycles. The smallest absolute Gasteiger partial charge is 0.282 e. The molecule has 0 unspecified atom stereocenters. The summed E-state index contributed by atoms with van der Waals surface area (Å²) in [4.78, 5) is 17.9. The van der Waals surface area contributed by atoms with Gasteiger partial charge in [-0.1, -0.05) is 59.6 Å². The number of nitrogens with zero attached hydrogens (tertiary/aromatic N) is 3. The molecule has 0 amide bonds. The fraction of sp³-hybridized carbons (Fsp3) is 0.192. The second kappa shape index (κ2) is 11.1. The lowest BCUT2D eigenvalue weighted by Crippen LogP contribution is -2.22. The Labute approximate surface area is 214 Å². The topological polar surface area (TPSA) is 56.5 Å². The largest absolute Gasteiger partial charge is 0.488 e. The molecule has 0 radical (unpaired) electrons. The number of aryl methyl sites for hydroxylation is 1. The minimum absolute atomic E-state index is 0.166. The van der Waals surface area contributed by atoms with Gasteiger partial charge in [0.1, 0.15) is 18.2 Å². The molecule has 0 fully saturated rings. The van der Waals surface area contributed by atoms with Crippen molar-refractivity contribution in [1.82, 2.24) is 9.66 Å². The van der Waals surface area contributed by atoms with Gasteiger partial charge in [-0.3, -0.25) is 4.79 Å². The van der Waals surface area contributed by atoms with Gasteiger partial charge in [0.15, 0.2) is 0 Å². The summed E-state index contributed by atoms with van der Waals surface area (Å²) < 4.78 is 9.21. The average Bonchev–Trinajstić information content (AvgIpc) is 2.83. The molecule has 0 spiro atoms. The first kappa shape index (κ1) is 23.6. The van der Waals surface area contributed by atoms with E-state index in [0.29, 0.717) is 29.8 Å². The summed E-state index contributed by atoms with van der Waals surface area (Å²) in [6.07, 6.45) is 4.35. The number of benzene rings is 3. The van der Waals surface area contributed by atoms with E-state index in [4.69, 9.17) is 9.72 Å². The minimum Gasteiger partial charge on any atom is -0.488 e. The van der Waals surface area contributed by atoms with Gasteiger partial charge in [-0.05, 0) is 76.5 Å². The third-order valence-electron chi connectivity index (χ3n) is 5.14. The Morgan fingerprint density at radius 1 is 1.12 bits per heavy atom. The molecule has 5 nitrogen and oxygen atoms in total. The molecule has 0 saturated carbocycles. The molecular weight excluding hydrogens is 593 g/mol. The summed E-state index contributed by atoms with van der Waals surface area (Å²) >= 11 is 5.70. The van der Waals surface area contributed by atoms with Crippen molar-refractivity contribution in [2.75, 3.05) is 0 Å². The van der Waals surface area contributed by atoms with Crippen molar-refractivity contribution in [2.45, 2.75) is 32.8 Å². The van der Waals surface area contributed by atoms with Gasteiger partial charge in [0, 0.05) is 10.9 Å². The van der Waals surface area contributed by atoms with Crippen LogP contribution in [0, 0.1) is 3.57 Å². The Hall–Kier alpha value is -2.52. The van der Waals surface area contributed by atoms with Crippen molar-refractivity contribution in [3.63, 3.8) is 0 Å². The van der Waals surface area contributed by atoms with Gasteiger partial charge >= 0.3 is 0 Å². The van der Waals surface area contributed by atoms with E-state index in [-0.39, 0.29) is 5.56 Å². The third kappa shape index (κ3) is 5.89. The van der Waals surface area contributed by atoms with Crippen molar-refractivity contribution in [3.05, 3.63) is 102 Å². The van der Waals surface area contributed by atoms with Crippen molar-refractivity contribution >= 4 is 55.6 Å². The average molecular weight is 616 g/mol. The van der Waals surface area contributed by atoms with Crippen molar-refractivity contribution < 1.29 is 4.74 Å². The zero-order valence-electron chi connectivity index (χ0n) is 18.2. The molecule has 0 saturated heterocycles. The standard InChI is InChI=1S/C26H23BrIN3O2/c1-2-3-9-25-30-23-12-11-20(27)15-21(23)26(32)31(25)29-16-19-10-13-24(22(28)14-19)33-17-18-7-5-4-6-8-18/h4-8,10-16H,2-3,9,17H2,1H3. The number of fused-ring (bicyclic) bond motifs is 1. The highest BCUT2D eigenvalue weighted by Gasteiger charge is 2.11. The number of aromatic nitrogens is 2. The number of ether oxygens (including phenoxy) is 1. The Morgan fingerprint density at radius 3 is 2.70 bits per heavy atom. The maximum absolute atomic E-state index is 13.2. The van der Waals surface area contributed by atoms with Crippen LogP contribution in [0.25, 0.3) is 10.9 Å². The zero-order valence-corrected chi connectivity index (χ0v) is 21.9. The summed E-state index contributed by atoms with van der Waals surface area (Å²) in [6, 6.07) is 21.5. The highest BCUT2D eigenvalue weighted by atomic mass is 127. The Bertz CT molecular complexity index is 1350. The van der Waals surface area contributed by atoms with Gasteiger partial charge in [-0.25, -0.2) is 4.98 Å². The van der Waals surface area contributed by atoms with E-state index in [1.807, 2.05) is 60.7 Å². The summed E-state index contributed by atoms with van der Waals surface area (Å²) in [5, 5.41) is 5.07. The second-order valence-electron chi connectivity index (χ2n) is 7.62. The van der Waals surface area contributed by atoms with Gasteiger partial charge < -0.3 is 4.74 Å². The number of halogens is 2. The monoisotopic (exact) mass is 615 g/mol. The van der Waals surface area contributed by atoms with E-state index in [9.17, 15) is 4.79 Å². The van der Waals surface area contributed by atoms with Crippen LogP contribution in [0.5, 0.6) is 5.75 Å². The van der Waals surface area contributed by atoms with E-state index in [0.717, 1.165) is 37.8 Å². The van der Waals surface area contributed by atoms with Crippen LogP contribution in [0.2, 0.25) is 0 Å². The van der Waals surface area contributed by atoms with Crippen LogP contribution >= 0.6 is 38.5 Å². The first-order valence-electron chi connectivity index (χ1n) is 10.8. The van der Waals surface area contributed by atoms with E-state index in [1.165, 1.54) is 4.68 Å². The van der Waals surface area contributed by atoms with Crippen LogP contribution < -0.4 is 10.3 Å². The lowest BCUT2D eigenvalue weighted by molar-refractivity contribution is 0.304. The van der Waals surface area contributed by atoms with E-state index in [2.05, 4.69) is 50.5 Å². The van der Waals surface area contributed by atoms with Gasteiger partial charge in [0.25, 0.3) is 5.56 Å². The van der Waals surface area contributed by atoms with Crippen LogP contribution in [-0.4, -0.2) is 15.9 Å². The maximum atomic E-state index is 13.2. The predicted octanol–water partition coefficient (Wildman–Crippen LogP) is 6.57. The molecule has 0 atom stereocenters. The molecule has 168 valence electrons. The quantitative estimate of drug-likeness (QED) is 0.166.